The summed E-state index contributed by atoms with van der Waals surface area (Å²) in [7, 11) is 0. The van der Waals surface area contributed by atoms with Crippen molar-refractivity contribution in [3.8, 4) is 0 Å². The molecule has 0 aliphatic heterocycles. The molecule has 0 aromatic rings. The predicted molar refractivity (Wildman–Crippen MR) is 269 cm³/mol. The van der Waals surface area contributed by atoms with Crippen molar-refractivity contribution in [3.63, 3.8) is 0 Å². The van der Waals surface area contributed by atoms with E-state index in [2.05, 4.69) is 50.4 Å². The van der Waals surface area contributed by atoms with Crippen LogP contribution in [0.1, 0.15) is 297 Å². The van der Waals surface area contributed by atoms with E-state index in [9.17, 15) is 19.8 Å². The number of aliphatic hydroxyl groups is 2. The van der Waals surface area contributed by atoms with E-state index in [1.54, 1.807) is 0 Å². The van der Waals surface area contributed by atoms with Crippen molar-refractivity contribution in [1.82, 2.24) is 5.32 Å². The summed E-state index contributed by atoms with van der Waals surface area (Å²) >= 11 is 0. The summed E-state index contributed by atoms with van der Waals surface area (Å²) in [5, 5.41) is 23.8. The third-order valence-corrected chi connectivity index (χ3v) is 12.8. The van der Waals surface area contributed by atoms with Crippen LogP contribution in [0.25, 0.3) is 0 Å². The number of allylic oxidation sites excluding steroid dienone is 4. The van der Waals surface area contributed by atoms with Gasteiger partial charge in [0, 0.05) is 6.42 Å². The number of rotatable bonds is 50. The van der Waals surface area contributed by atoms with E-state index in [0.29, 0.717) is 19.3 Å². The fraction of sp³-hybridized carbons (Fsp3) is 0.893. The second-order valence-electron chi connectivity index (χ2n) is 19.0. The maximum absolute atomic E-state index is 13.2. The van der Waals surface area contributed by atoms with Gasteiger partial charge < -0.3 is 20.3 Å². The summed E-state index contributed by atoms with van der Waals surface area (Å²) < 4.78 is 5.93. The SMILES string of the molecule is CCCCC/C=C/C=C/CCCCCCC(CC(=O)NC(CO)C(O)CCCCCCCCCCCCCCCCCCC)OC(=O)CCCCCCCCCCCCCCC. The predicted octanol–water partition coefficient (Wildman–Crippen LogP) is 16.7. The Labute approximate surface area is 386 Å². The van der Waals surface area contributed by atoms with Crippen LogP contribution in [0, 0.1) is 0 Å². The van der Waals surface area contributed by atoms with Gasteiger partial charge in [-0.3, -0.25) is 9.59 Å². The summed E-state index contributed by atoms with van der Waals surface area (Å²) in [5.41, 5.74) is 0. The lowest BCUT2D eigenvalue weighted by Gasteiger charge is -2.24. The van der Waals surface area contributed by atoms with Crippen molar-refractivity contribution in [2.45, 2.75) is 315 Å². The highest BCUT2D eigenvalue weighted by Gasteiger charge is 2.24. The Bertz CT molecular complexity index is 981. The minimum Gasteiger partial charge on any atom is -0.462 e. The Morgan fingerprint density at radius 1 is 0.468 bits per heavy atom. The molecule has 0 saturated heterocycles. The first-order chi connectivity index (χ1) is 30.5. The van der Waals surface area contributed by atoms with Crippen LogP contribution < -0.4 is 5.32 Å². The number of hydrogen-bond acceptors (Lipinski definition) is 5. The Morgan fingerprint density at radius 2 is 0.806 bits per heavy atom. The van der Waals surface area contributed by atoms with Gasteiger partial charge in [-0.2, -0.15) is 0 Å². The quantitative estimate of drug-likeness (QED) is 0.0321. The minimum atomic E-state index is -0.789. The van der Waals surface area contributed by atoms with Gasteiger partial charge in [0.1, 0.15) is 6.10 Å². The molecule has 3 unspecified atom stereocenters. The van der Waals surface area contributed by atoms with E-state index in [-0.39, 0.29) is 24.9 Å². The van der Waals surface area contributed by atoms with E-state index in [1.807, 2.05) is 0 Å². The number of ether oxygens (including phenoxy) is 1. The van der Waals surface area contributed by atoms with Gasteiger partial charge in [0.25, 0.3) is 0 Å². The molecule has 0 aliphatic carbocycles. The number of esters is 1. The third-order valence-electron chi connectivity index (χ3n) is 12.8. The summed E-state index contributed by atoms with van der Waals surface area (Å²) in [6.07, 6.45) is 58.1. The molecule has 0 saturated carbocycles. The number of carbonyl (C=O) groups is 2. The highest BCUT2D eigenvalue weighted by atomic mass is 16.5. The molecule has 0 fully saturated rings. The molecule has 0 radical (unpaired) electrons. The molecule has 0 aromatic heterocycles. The molecule has 0 spiro atoms. The van der Waals surface area contributed by atoms with Gasteiger partial charge in [-0.1, -0.05) is 257 Å². The zero-order chi connectivity index (χ0) is 45.2. The third kappa shape index (κ3) is 44.9. The van der Waals surface area contributed by atoms with Crippen molar-refractivity contribution in [1.29, 1.82) is 0 Å². The average molecular weight is 874 g/mol. The van der Waals surface area contributed by atoms with Crippen LogP contribution in [0.5, 0.6) is 0 Å². The second kappa shape index (κ2) is 50.3. The van der Waals surface area contributed by atoms with E-state index >= 15 is 0 Å². The topological polar surface area (TPSA) is 95.9 Å². The fourth-order valence-electron chi connectivity index (χ4n) is 8.60. The highest BCUT2D eigenvalue weighted by molar-refractivity contribution is 5.77. The van der Waals surface area contributed by atoms with Crippen molar-refractivity contribution < 1.29 is 24.5 Å². The second-order valence-corrected chi connectivity index (χ2v) is 19.0. The first kappa shape index (κ1) is 60.3. The summed E-state index contributed by atoms with van der Waals surface area (Å²) in [6, 6.07) is -0.704. The van der Waals surface area contributed by atoms with Gasteiger partial charge in [-0.05, 0) is 51.4 Å². The van der Waals surface area contributed by atoms with E-state index in [0.717, 1.165) is 70.6 Å². The van der Waals surface area contributed by atoms with Crippen LogP contribution in [-0.4, -0.2) is 46.9 Å². The largest absolute Gasteiger partial charge is 0.462 e. The van der Waals surface area contributed by atoms with Gasteiger partial charge in [-0.25, -0.2) is 0 Å². The molecular weight excluding hydrogens is 767 g/mol. The zero-order valence-corrected chi connectivity index (χ0v) is 41.8. The average Bonchev–Trinajstić information content (AvgIpc) is 3.26. The van der Waals surface area contributed by atoms with Crippen LogP contribution in [-0.2, 0) is 14.3 Å². The van der Waals surface area contributed by atoms with Gasteiger partial charge in [0.05, 0.1) is 25.2 Å². The molecule has 3 N–H and O–H groups in total. The standard InChI is InChI=1S/C56H107NO5/c1-4-7-10-13-16-19-22-25-26-27-28-31-33-36-39-42-45-48-54(59)53(51-58)57-55(60)50-52(47-44-41-38-35-32-29-23-20-17-14-11-8-5-2)62-56(61)49-46-43-40-37-34-30-24-21-18-15-12-9-6-3/h17,20,23,29,52-54,58-59H,4-16,18-19,21-22,24-28,30-51H2,1-3H3,(H,57,60)/b20-17+,29-23+. The summed E-state index contributed by atoms with van der Waals surface area (Å²) in [6.45, 7) is 6.48. The van der Waals surface area contributed by atoms with E-state index in [1.165, 1.54) is 180 Å². The van der Waals surface area contributed by atoms with Crippen LogP contribution >= 0.6 is 0 Å². The minimum absolute atomic E-state index is 0.0695. The Hall–Kier alpha value is -1.66. The van der Waals surface area contributed by atoms with Crippen LogP contribution in [0.15, 0.2) is 24.3 Å². The molecule has 0 aliphatic rings. The number of nitrogens with one attached hydrogen (secondary N) is 1. The number of aliphatic hydroxyl groups excluding tert-OH is 2. The van der Waals surface area contributed by atoms with Gasteiger partial charge in [-0.15, -0.1) is 0 Å². The number of hydrogen-bond donors (Lipinski definition) is 3. The smallest absolute Gasteiger partial charge is 0.306 e. The molecule has 3 atom stereocenters. The Kier molecular flexibility index (Phi) is 49.0. The molecular formula is C56H107NO5. The lowest BCUT2D eigenvalue weighted by molar-refractivity contribution is -0.151. The van der Waals surface area contributed by atoms with Crippen LogP contribution in [0.2, 0.25) is 0 Å². The molecule has 0 heterocycles. The van der Waals surface area contributed by atoms with Crippen molar-refractivity contribution in [3.05, 3.63) is 24.3 Å². The highest BCUT2D eigenvalue weighted by Crippen LogP contribution is 2.18. The van der Waals surface area contributed by atoms with Gasteiger partial charge in [0.15, 0.2) is 0 Å². The first-order valence-electron chi connectivity index (χ1n) is 27.6. The van der Waals surface area contributed by atoms with Crippen molar-refractivity contribution in [2.24, 2.45) is 0 Å². The van der Waals surface area contributed by atoms with Gasteiger partial charge >= 0.3 is 5.97 Å². The molecule has 366 valence electrons. The lowest BCUT2D eigenvalue weighted by Crippen LogP contribution is -2.46. The summed E-state index contributed by atoms with van der Waals surface area (Å²) in [5.74, 6) is -0.478. The van der Waals surface area contributed by atoms with Crippen molar-refractivity contribution >= 4 is 11.9 Å². The molecule has 0 aromatic carbocycles. The molecule has 6 heteroatoms. The number of carbonyl (C=O) groups excluding carboxylic acids is 2. The normalized spacial score (nSPS) is 13.3. The molecule has 62 heavy (non-hydrogen) atoms. The Morgan fingerprint density at radius 3 is 1.23 bits per heavy atom. The first-order valence-corrected chi connectivity index (χ1v) is 27.6. The van der Waals surface area contributed by atoms with E-state index < -0.39 is 18.2 Å². The van der Waals surface area contributed by atoms with Crippen molar-refractivity contribution in [2.75, 3.05) is 6.61 Å². The molecule has 0 bridgehead atoms. The number of unbranched alkanes of at least 4 members (excludes halogenated alkanes) is 35. The summed E-state index contributed by atoms with van der Waals surface area (Å²) in [4.78, 5) is 26.2. The maximum Gasteiger partial charge on any atom is 0.306 e. The maximum atomic E-state index is 13.2. The molecule has 0 rings (SSSR count). The molecule has 6 nitrogen and oxygen atoms in total. The fourth-order valence-corrected chi connectivity index (χ4v) is 8.60. The van der Waals surface area contributed by atoms with Crippen LogP contribution in [0.4, 0.5) is 0 Å². The Balaban J connectivity index is 4.50. The monoisotopic (exact) mass is 874 g/mol. The van der Waals surface area contributed by atoms with Gasteiger partial charge in [0.2, 0.25) is 5.91 Å². The lowest BCUT2D eigenvalue weighted by atomic mass is 10.0. The molecule has 1 amide bonds. The van der Waals surface area contributed by atoms with E-state index in [4.69, 9.17) is 4.74 Å². The van der Waals surface area contributed by atoms with Crippen LogP contribution in [0.3, 0.4) is 0 Å². The number of amides is 1. The zero-order valence-electron chi connectivity index (χ0n) is 41.8.